The Morgan fingerprint density at radius 2 is 1.97 bits per heavy atom. The number of nitrogens with zero attached hydrogens (tertiary/aromatic N) is 3. The zero-order chi connectivity index (χ0) is 20.4. The van der Waals surface area contributed by atoms with Crippen molar-refractivity contribution in [2.45, 2.75) is 56.7 Å². The Hall–Kier alpha value is -2.48. The molecule has 1 aromatic heterocycles. The molecule has 3 fully saturated rings. The number of ether oxygens (including phenoxy) is 1. The second-order valence-electron chi connectivity index (χ2n) is 8.27. The molecule has 29 heavy (non-hydrogen) atoms. The van der Waals surface area contributed by atoms with Gasteiger partial charge in [0.15, 0.2) is 6.10 Å². The van der Waals surface area contributed by atoms with E-state index >= 15 is 0 Å². The summed E-state index contributed by atoms with van der Waals surface area (Å²) in [6.45, 7) is 1.22. The summed E-state index contributed by atoms with van der Waals surface area (Å²) in [6.07, 6.45) is 7.51. The first-order valence-electron chi connectivity index (χ1n) is 10.4. The molecule has 0 aromatic carbocycles. The molecule has 1 aromatic rings. The minimum Gasteiger partial charge on any atom is -0.370 e. The number of carbonyl (C=O) groups is 3. The Balaban J connectivity index is 1.48. The standard InChI is InChI=1S/C21H28N4O4/c22-17(26)6-3-14-7-10-24(11-8-14)21(28)20-19(15-2-1-9-23-12-15)25(16-4-5-16)18(27)13-29-20/h1-2,9,12,14,16,19-20H,3-8,10-11,13H2,(H2,22,26)/t19-,20+/m1/s1. The number of hydrogen-bond acceptors (Lipinski definition) is 5. The predicted molar refractivity (Wildman–Crippen MR) is 104 cm³/mol. The van der Waals surface area contributed by atoms with E-state index in [1.165, 1.54) is 0 Å². The quantitative estimate of drug-likeness (QED) is 0.767. The molecule has 1 aliphatic carbocycles. The summed E-state index contributed by atoms with van der Waals surface area (Å²) >= 11 is 0. The van der Waals surface area contributed by atoms with Crippen LogP contribution < -0.4 is 5.73 Å². The molecule has 4 rings (SSSR count). The fraction of sp³-hybridized carbons (Fsp3) is 0.619. The van der Waals surface area contributed by atoms with Crippen LogP contribution >= 0.6 is 0 Å². The summed E-state index contributed by atoms with van der Waals surface area (Å²) in [4.78, 5) is 44.9. The topological polar surface area (TPSA) is 106 Å². The number of rotatable bonds is 6. The maximum Gasteiger partial charge on any atom is 0.254 e. The van der Waals surface area contributed by atoms with Crippen LogP contribution in [0.15, 0.2) is 24.5 Å². The molecule has 3 heterocycles. The summed E-state index contributed by atoms with van der Waals surface area (Å²) in [6, 6.07) is 3.49. The van der Waals surface area contributed by atoms with Gasteiger partial charge in [0.25, 0.3) is 5.91 Å². The molecule has 1 saturated carbocycles. The minimum atomic E-state index is -0.709. The smallest absolute Gasteiger partial charge is 0.254 e. The number of amides is 3. The van der Waals surface area contributed by atoms with E-state index in [0.717, 1.165) is 37.7 Å². The number of nitrogens with two attached hydrogens (primary N) is 1. The number of carbonyl (C=O) groups excluding carboxylic acids is 3. The van der Waals surface area contributed by atoms with Gasteiger partial charge < -0.3 is 20.3 Å². The highest BCUT2D eigenvalue weighted by Crippen LogP contribution is 2.40. The monoisotopic (exact) mass is 400 g/mol. The van der Waals surface area contributed by atoms with E-state index in [1.807, 2.05) is 21.9 Å². The van der Waals surface area contributed by atoms with Crippen LogP contribution in [0, 0.1) is 5.92 Å². The maximum absolute atomic E-state index is 13.4. The average Bonchev–Trinajstić information content (AvgIpc) is 3.57. The van der Waals surface area contributed by atoms with Crippen LogP contribution in [-0.2, 0) is 19.1 Å². The second kappa shape index (κ2) is 8.49. The van der Waals surface area contributed by atoms with Gasteiger partial charge in [0.1, 0.15) is 6.61 Å². The van der Waals surface area contributed by atoms with Crippen LogP contribution in [0.2, 0.25) is 0 Å². The molecule has 3 aliphatic rings. The number of morpholine rings is 1. The SMILES string of the molecule is NC(=O)CCC1CCN(C(=O)[C@H]2OCC(=O)N(C3CC3)[C@@H]2c2cccnc2)CC1. The van der Waals surface area contributed by atoms with Gasteiger partial charge in [-0.25, -0.2) is 0 Å². The zero-order valence-corrected chi connectivity index (χ0v) is 16.5. The molecule has 3 amide bonds. The molecule has 2 aliphatic heterocycles. The van der Waals surface area contributed by atoms with Crippen molar-refractivity contribution in [3.63, 3.8) is 0 Å². The zero-order valence-electron chi connectivity index (χ0n) is 16.5. The van der Waals surface area contributed by atoms with Crippen LogP contribution in [0.1, 0.15) is 50.1 Å². The fourth-order valence-corrected chi connectivity index (χ4v) is 4.47. The molecular formula is C21H28N4O4. The lowest BCUT2D eigenvalue weighted by Gasteiger charge is -2.43. The van der Waals surface area contributed by atoms with Crippen molar-refractivity contribution >= 4 is 17.7 Å². The first kappa shape index (κ1) is 19.8. The lowest BCUT2D eigenvalue weighted by Crippen LogP contribution is -2.56. The molecule has 8 heteroatoms. The molecule has 0 bridgehead atoms. The molecule has 156 valence electrons. The fourth-order valence-electron chi connectivity index (χ4n) is 4.47. The number of aromatic nitrogens is 1. The minimum absolute atomic E-state index is 0.0568. The summed E-state index contributed by atoms with van der Waals surface area (Å²) in [5.74, 6) is 0.0154. The van der Waals surface area contributed by atoms with Crippen LogP contribution in [0.4, 0.5) is 0 Å². The van der Waals surface area contributed by atoms with Gasteiger partial charge in [-0.15, -0.1) is 0 Å². The number of piperidine rings is 1. The van der Waals surface area contributed by atoms with Crippen molar-refractivity contribution < 1.29 is 19.1 Å². The Kier molecular flexibility index (Phi) is 5.80. The first-order valence-corrected chi connectivity index (χ1v) is 10.4. The summed E-state index contributed by atoms with van der Waals surface area (Å²) < 4.78 is 5.81. The third-order valence-electron chi connectivity index (χ3n) is 6.20. The number of hydrogen-bond donors (Lipinski definition) is 1. The average molecular weight is 400 g/mol. The van der Waals surface area contributed by atoms with Gasteiger partial charge in [0.05, 0.1) is 6.04 Å². The highest BCUT2D eigenvalue weighted by atomic mass is 16.5. The molecule has 0 spiro atoms. The molecular weight excluding hydrogens is 372 g/mol. The summed E-state index contributed by atoms with van der Waals surface area (Å²) in [5.41, 5.74) is 6.08. The van der Waals surface area contributed by atoms with E-state index in [0.29, 0.717) is 25.4 Å². The van der Waals surface area contributed by atoms with E-state index in [4.69, 9.17) is 10.5 Å². The number of likely N-dealkylation sites (tertiary alicyclic amines) is 1. The Bertz CT molecular complexity index is 759. The van der Waals surface area contributed by atoms with Crippen molar-refractivity contribution in [2.24, 2.45) is 11.7 Å². The predicted octanol–water partition coefficient (Wildman–Crippen LogP) is 1.02. The third-order valence-corrected chi connectivity index (χ3v) is 6.20. The van der Waals surface area contributed by atoms with Gasteiger partial charge in [-0.1, -0.05) is 6.07 Å². The highest BCUT2D eigenvalue weighted by molar-refractivity contribution is 5.87. The van der Waals surface area contributed by atoms with Crippen LogP contribution in [0.25, 0.3) is 0 Å². The lowest BCUT2D eigenvalue weighted by atomic mass is 9.91. The van der Waals surface area contributed by atoms with Crippen molar-refractivity contribution in [1.82, 2.24) is 14.8 Å². The van der Waals surface area contributed by atoms with Crippen molar-refractivity contribution in [3.05, 3.63) is 30.1 Å². The van der Waals surface area contributed by atoms with E-state index in [-0.39, 0.29) is 30.4 Å². The van der Waals surface area contributed by atoms with E-state index in [9.17, 15) is 14.4 Å². The Morgan fingerprint density at radius 3 is 2.59 bits per heavy atom. The molecule has 0 unspecified atom stereocenters. The van der Waals surface area contributed by atoms with Gasteiger partial charge in [0.2, 0.25) is 11.8 Å². The van der Waals surface area contributed by atoms with Crippen molar-refractivity contribution in [3.8, 4) is 0 Å². The molecule has 2 atom stereocenters. The van der Waals surface area contributed by atoms with E-state index in [2.05, 4.69) is 4.98 Å². The molecule has 2 N–H and O–H groups in total. The van der Waals surface area contributed by atoms with Gasteiger partial charge in [-0.2, -0.15) is 0 Å². The van der Waals surface area contributed by atoms with Gasteiger partial charge in [-0.3, -0.25) is 19.4 Å². The first-order chi connectivity index (χ1) is 14.0. The van der Waals surface area contributed by atoms with Crippen LogP contribution in [-0.4, -0.2) is 64.3 Å². The second-order valence-corrected chi connectivity index (χ2v) is 8.27. The number of pyridine rings is 1. The maximum atomic E-state index is 13.4. The summed E-state index contributed by atoms with van der Waals surface area (Å²) in [7, 11) is 0. The molecule has 0 radical (unpaired) electrons. The van der Waals surface area contributed by atoms with Crippen LogP contribution in [0.3, 0.4) is 0 Å². The summed E-state index contributed by atoms with van der Waals surface area (Å²) in [5, 5.41) is 0. The van der Waals surface area contributed by atoms with Gasteiger partial charge in [-0.05, 0) is 49.7 Å². The largest absolute Gasteiger partial charge is 0.370 e. The van der Waals surface area contributed by atoms with Crippen LogP contribution in [0.5, 0.6) is 0 Å². The van der Waals surface area contributed by atoms with Crippen molar-refractivity contribution in [2.75, 3.05) is 19.7 Å². The van der Waals surface area contributed by atoms with E-state index in [1.54, 1.807) is 12.4 Å². The molecule has 8 nitrogen and oxygen atoms in total. The third kappa shape index (κ3) is 4.42. The number of primary amides is 1. The highest BCUT2D eigenvalue weighted by Gasteiger charge is 2.48. The van der Waals surface area contributed by atoms with Gasteiger partial charge >= 0.3 is 0 Å². The van der Waals surface area contributed by atoms with Crippen molar-refractivity contribution in [1.29, 1.82) is 0 Å². The normalized spacial score (nSPS) is 25.9. The lowest BCUT2D eigenvalue weighted by molar-refractivity contribution is -0.171. The van der Waals surface area contributed by atoms with Gasteiger partial charge in [0, 0.05) is 37.9 Å². The Labute approximate surface area is 170 Å². The van der Waals surface area contributed by atoms with E-state index < -0.39 is 12.1 Å². The molecule has 2 saturated heterocycles. The Morgan fingerprint density at radius 1 is 1.21 bits per heavy atom.